The second-order valence-corrected chi connectivity index (χ2v) is 6.25. The summed E-state index contributed by atoms with van der Waals surface area (Å²) in [5.41, 5.74) is 0. The molecule has 0 spiro atoms. The van der Waals surface area contributed by atoms with Gasteiger partial charge in [0.25, 0.3) is 0 Å². The van der Waals surface area contributed by atoms with Gasteiger partial charge in [-0.05, 0) is 51.2 Å². The van der Waals surface area contributed by atoms with E-state index in [0.29, 0.717) is 25.3 Å². The van der Waals surface area contributed by atoms with Crippen molar-refractivity contribution in [3.05, 3.63) is 0 Å². The second kappa shape index (κ2) is 7.38. The molecule has 5 nitrogen and oxygen atoms in total. The Hall–Kier alpha value is -0.650. The molecule has 5 heteroatoms. The van der Waals surface area contributed by atoms with E-state index in [9.17, 15) is 15.0 Å². The topological polar surface area (TPSA) is 64.0 Å². The van der Waals surface area contributed by atoms with Gasteiger partial charge in [-0.15, -0.1) is 0 Å². The van der Waals surface area contributed by atoms with Gasteiger partial charge in [0.1, 0.15) is 0 Å². The molecule has 116 valence electrons. The van der Waals surface area contributed by atoms with Gasteiger partial charge in [-0.3, -0.25) is 4.79 Å². The molecule has 0 saturated carbocycles. The van der Waals surface area contributed by atoms with Gasteiger partial charge in [0.2, 0.25) is 5.91 Å². The molecule has 2 N–H and O–H groups in total. The fourth-order valence-electron chi connectivity index (χ4n) is 3.25. The molecule has 0 bridgehead atoms. The molecule has 2 fully saturated rings. The van der Waals surface area contributed by atoms with Crippen LogP contribution in [0, 0.1) is 5.92 Å². The second-order valence-electron chi connectivity index (χ2n) is 6.25. The van der Waals surface area contributed by atoms with E-state index in [2.05, 4.69) is 11.8 Å². The summed E-state index contributed by atoms with van der Waals surface area (Å²) >= 11 is 0. The number of nitrogens with zero attached hydrogens (tertiary/aromatic N) is 2. The molecular formula is C15H28N2O3. The Kier molecular flexibility index (Phi) is 5.81. The first-order valence-corrected chi connectivity index (χ1v) is 7.96. The van der Waals surface area contributed by atoms with Crippen molar-refractivity contribution >= 4 is 5.91 Å². The number of carbonyl (C=O) groups is 1. The van der Waals surface area contributed by atoms with E-state index in [-0.39, 0.29) is 12.5 Å². The number of hydrogen-bond donors (Lipinski definition) is 2. The Morgan fingerprint density at radius 3 is 2.40 bits per heavy atom. The number of rotatable bonds is 4. The zero-order valence-corrected chi connectivity index (χ0v) is 12.5. The molecule has 0 aromatic rings. The minimum Gasteiger partial charge on any atom is -0.390 e. The van der Waals surface area contributed by atoms with E-state index in [0.717, 1.165) is 32.5 Å². The molecule has 2 atom stereocenters. The first-order chi connectivity index (χ1) is 9.60. The molecule has 2 aliphatic rings. The number of hydrogen-bond acceptors (Lipinski definition) is 4. The van der Waals surface area contributed by atoms with E-state index in [4.69, 9.17) is 0 Å². The fraction of sp³-hybridized carbons (Fsp3) is 0.933. The Morgan fingerprint density at radius 2 is 1.80 bits per heavy atom. The van der Waals surface area contributed by atoms with Crippen LogP contribution >= 0.6 is 0 Å². The van der Waals surface area contributed by atoms with Gasteiger partial charge < -0.3 is 20.0 Å². The number of carbonyl (C=O) groups excluding carboxylic acids is 1. The van der Waals surface area contributed by atoms with Crippen LogP contribution in [0.2, 0.25) is 0 Å². The fourth-order valence-corrected chi connectivity index (χ4v) is 3.25. The maximum absolute atomic E-state index is 12.2. The highest BCUT2D eigenvalue weighted by Crippen LogP contribution is 2.22. The van der Waals surface area contributed by atoms with E-state index < -0.39 is 12.2 Å². The molecule has 2 saturated heterocycles. The predicted molar refractivity (Wildman–Crippen MR) is 77.3 cm³/mol. The molecule has 2 rings (SSSR count). The number of amides is 1. The molecule has 0 aromatic carbocycles. The standard InChI is InChI=1S/C15H28N2O3/c1-2-6-16-7-3-12(4-8-16)10-15(20)17-9-5-13(18)14(19)11-17/h12-14,18-19H,2-11H2,1H3/t13-,14-/m0/s1. The Morgan fingerprint density at radius 1 is 1.10 bits per heavy atom. The van der Waals surface area contributed by atoms with Gasteiger partial charge >= 0.3 is 0 Å². The lowest BCUT2D eigenvalue weighted by molar-refractivity contribution is -0.139. The number of aliphatic hydroxyl groups excluding tert-OH is 2. The van der Waals surface area contributed by atoms with Gasteiger partial charge in [0.05, 0.1) is 12.2 Å². The zero-order valence-electron chi connectivity index (χ0n) is 12.5. The summed E-state index contributed by atoms with van der Waals surface area (Å²) in [4.78, 5) is 16.4. The van der Waals surface area contributed by atoms with Crippen LogP contribution in [0.3, 0.4) is 0 Å². The van der Waals surface area contributed by atoms with Crippen molar-refractivity contribution in [2.75, 3.05) is 32.7 Å². The molecule has 2 aliphatic heterocycles. The monoisotopic (exact) mass is 284 g/mol. The lowest BCUT2D eigenvalue weighted by Gasteiger charge is -2.36. The zero-order chi connectivity index (χ0) is 14.5. The summed E-state index contributed by atoms with van der Waals surface area (Å²) in [5.74, 6) is 0.629. The third-order valence-electron chi connectivity index (χ3n) is 4.61. The van der Waals surface area contributed by atoms with Crippen molar-refractivity contribution < 1.29 is 15.0 Å². The molecule has 0 radical (unpaired) electrons. The van der Waals surface area contributed by atoms with Crippen molar-refractivity contribution in [1.29, 1.82) is 0 Å². The molecule has 1 amide bonds. The first kappa shape index (κ1) is 15.7. The quantitative estimate of drug-likeness (QED) is 0.787. The van der Waals surface area contributed by atoms with Crippen LogP contribution < -0.4 is 0 Å². The summed E-state index contributed by atoms with van der Waals surface area (Å²) in [7, 11) is 0. The highest BCUT2D eigenvalue weighted by Gasteiger charge is 2.30. The van der Waals surface area contributed by atoms with Crippen molar-refractivity contribution in [2.45, 2.75) is 51.2 Å². The molecule has 0 aromatic heterocycles. The third kappa shape index (κ3) is 4.17. The van der Waals surface area contributed by atoms with Crippen LogP contribution in [0.5, 0.6) is 0 Å². The molecular weight excluding hydrogens is 256 g/mol. The van der Waals surface area contributed by atoms with Crippen LogP contribution in [0.15, 0.2) is 0 Å². The van der Waals surface area contributed by atoms with Gasteiger partial charge in [-0.25, -0.2) is 0 Å². The van der Waals surface area contributed by atoms with E-state index in [1.54, 1.807) is 4.90 Å². The van der Waals surface area contributed by atoms with Crippen molar-refractivity contribution in [3.8, 4) is 0 Å². The molecule has 2 heterocycles. The Balaban J connectivity index is 1.72. The Bertz CT molecular complexity index is 316. The summed E-state index contributed by atoms with van der Waals surface area (Å²) in [6.07, 6.45) is 3.04. The average molecular weight is 284 g/mol. The van der Waals surface area contributed by atoms with Crippen LogP contribution in [0.1, 0.15) is 39.0 Å². The van der Waals surface area contributed by atoms with Crippen molar-refractivity contribution in [2.24, 2.45) is 5.92 Å². The lowest BCUT2D eigenvalue weighted by atomic mass is 9.92. The molecule has 20 heavy (non-hydrogen) atoms. The normalized spacial score (nSPS) is 29.6. The maximum atomic E-state index is 12.2. The predicted octanol–water partition coefficient (Wildman–Crippen LogP) is 0.453. The highest BCUT2D eigenvalue weighted by molar-refractivity contribution is 5.76. The largest absolute Gasteiger partial charge is 0.390 e. The van der Waals surface area contributed by atoms with E-state index in [1.165, 1.54) is 6.42 Å². The van der Waals surface area contributed by atoms with Gasteiger partial charge in [0.15, 0.2) is 0 Å². The number of likely N-dealkylation sites (tertiary alicyclic amines) is 2. The number of piperidine rings is 2. The van der Waals surface area contributed by atoms with Gasteiger partial charge in [-0.1, -0.05) is 6.92 Å². The highest BCUT2D eigenvalue weighted by atomic mass is 16.3. The third-order valence-corrected chi connectivity index (χ3v) is 4.61. The average Bonchev–Trinajstić information content (AvgIpc) is 2.44. The SMILES string of the molecule is CCCN1CCC(CC(=O)N2CC[C@H](O)[C@@H](O)C2)CC1. The van der Waals surface area contributed by atoms with Crippen molar-refractivity contribution in [1.82, 2.24) is 9.80 Å². The summed E-state index contributed by atoms with van der Waals surface area (Å²) in [6, 6.07) is 0. The number of aliphatic hydroxyl groups is 2. The summed E-state index contributed by atoms with van der Waals surface area (Å²) < 4.78 is 0. The first-order valence-electron chi connectivity index (χ1n) is 7.96. The van der Waals surface area contributed by atoms with E-state index >= 15 is 0 Å². The van der Waals surface area contributed by atoms with E-state index in [1.807, 2.05) is 0 Å². The molecule has 0 aliphatic carbocycles. The maximum Gasteiger partial charge on any atom is 0.222 e. The molecule has 0 unspecified atom stereocenters. The minimum absolute atomic E-state index is 0.143. The number of β-amino-alcohol motifs (C(OH)–C–C–N with tert-alkyl or cyclic N) is 1. The van der Waals surface area contributed by atoms with Crippen LogP contribution in [-0.4, -0.2) is 70.9 Å². The summed E-state index contributed by atoms with van der Waals surface area (Å²) in [6.45, 7) is 6.43. The minimum atomic E-state index is -0.779. The van der Waals surface area contributed by atoms with Crippen LogP contribution in [0.4, 0.5) is 0 Å². The van der Waals surface area contributed by atoms with Crippen molar-refractivity contribution in [3.63, 3.8) is 0 Å². The smallest absolute Gasteiger partial charge is 0.222 e. The van der Waals surface area contributed by atoms with Crippen LogP contribution in [0.25, 0.3) is 0 Å². The summed E-state index contributed by atoms with van der Waals surface area (Å²) in [5, 5.41) is 19.1. The van der Waals surface area contributed by atoms with Gasteiger partial charge in [-0.2, -0.15) is 0 Å². The lowest BCUT2D eigenvalue weighted by Crippen LogP contribution is -2.49. The Labute approximate surface area is 121 Å². The van der Waals surface area contributed by atoms with Crippen LogP contribution in [-0.2, 0) is 4.79 Å². The van der Waals surface area contributed by atoms with Gasteiger partial charge in [0, 0.05) is 19.5 Å².